The summed E-state index contributed by atoms with van der Waals surface area (Å²) in [6.07, 6.45) is 1.91. The Morgan fingerprint density at radius 1 is 1.06 bits per heavy atom. The van der Waals surface area contributed by atoms with E-state index in [9.17, 15) is 13.2 Å². The third-order valence-corrected chi connectivity index (χ3v) is 7.61. The van der Waals surface area contributed by atoms with Crippen LogP contribution in [0.4, 0.5) is 11.4 Å². The number of anilines is 2. The Morgan fingerprint density at radius 3 is 2.33 bits per heavy atom. The number of hydrogen-bond acceptors (Lipinski definition) is 5. The number of aryl methyl sites for hydroxylation is 1. The molecule has 0 spiro atoms. The zero-order valence-corrected chi connectivity index (χ0v) is 20.9. The van der Waals surface area contributed by atoms with Gasteiger partial charge in [-0.2, -0.15) is 0 Å². The van der Waals surface area contributed by atoms with Crippen molar-refractivity contribution in [3.63, 3.8) is 0 Å². The van der Waals surface area contributed by atoms with E-state index in [-0.39, 0.29) is 4.90 Å². The first-order chi connectivity index (χ1) is 15.7. The van der Waals surface area contributed by atoms with Gasteiger partial charge in [-0.25, -0.2) is 8.42 Å². The molecule has 3 rings (SSSR count). The van der Waals surface area contributed by atoms with Crippen molar-refractivity contribution in [2.24, 2.45) is 0 Å². The van der Waals surface area contributed by atoms with Crippen molar-refractivity contribution < 1.29 is 17.9 Å². The van der Waals surface area contributed by atoms with E-state index in [1.165, 1.54) is 11.8 Å². The average Bonchev–Trinajstić information content (AvgIpc) is 2.80. The number of nitrogens with zero attached hydrogens (tertiary/aromatic N) is 1. The highest BCUT2D eigenvalue weighted by atomic mass is 35.5. The number of halogens is 1. The van der Waals surface area contributed by atoms with E-state index < -0.39 is 22.5 Å². The molecular weight excluding hydrogens is 480 g/mol. The maximum absolute atomic E-state index is 13.5. The quantitative estimate of drug-likeness (QED) is 0.384. The van der Waals surface area contributed by atoms with Gasteiger partial charge in [-0.3, -0.25) is 9.10 Å². The Kier molecular flexibility index (Phi) is 8.29. The summed E-state index contributed by atoms with van der Waals surface area (Å²) < 4.78 is 33.6. The number of hydrogen-bond donors (Lipinski definition) is 1. The van der Waals surface area contributed by atoms with Gasteiger partial charge in [0.05, 0.1) is 17.2 Å². The molecule has 0 aliphatic rings. The number of nitrogens with one attached hydrogen (secondary N) is 1. The summed E-state index contributed by atoms with van der Waals surface area (Å²) in [5.41, 5.74) is 1.70. The van der Waals surface area contributed by atoms with Crippen molar-refractivity contribution in [2.45, 2.75) is 23.6 Å². The number of carbonyl (C=O) groups excluding carboxylic acids is 1. The standard InChI is InChI=1S/C24H25ClN2O4S2/c1-4-31-20-9-7-19(8-10-20)27(33(29,30)22-13-11-21(32-3)12-14-22)16-24(28)26-23-15-18(25)6-5-17(23)2/h5-15H,4,16H2,1-3H3,(H,26,28). The zero-order chi connectivity index (χ0) is 24.0. The minimum Gasteiger partial charge on any atom is -0.494 e. The molecule has 1 amide bonds. The fourth-order valence-corrected chi connectivity index (χ4v) is 5.12. The first kappa shape index (κ1) is 25.0. The lowest BCUT2D eigenvalue weighted by Gasteiger charge is -2.24. The van der Waals surface area contributed by atoms with Crippen molar-refractivity contribution in [3.05, 3.63) is 77.3 Å². The first-order valence-electron chi connectivity index (χ1n) is 10.2. The first-order valence-corrected chi connectivity index (χ1v) is 13.2. The zero-order valence-electron chi connectivity index (χ0n) is 18.5. The minimum absolute atomic E-state index is 0.0981. The van der Waals surface area contributed by atoms with Crippen LogP contribution in [0.1, 0.15) is 12.5 Å². The maximum atomic E-state index is 13.5. The molecular formula is C24H25ClN2O4S2. The average molecular weight is 505 g/mol. The van der Waals surface area contributed by atoms with Gasteiger partial charge in [0.25, 0.3) is 10.0 Å². The fraction of sp³-hybridized carbons (Fsp3) is 0.208. The van der Waals surface area contributed by atoms with Gasteiger partial charge in [0.2, 0.25) is 5.91 Å². The molecule has 0 aliphatic carbocycles. The fourth-order valence-electron chi connectivity index (χ4n) is 3.11. The molecule has 0 aromatic heterocycles. The summed E-state index contributed by atoms with van der Waals surface area (Å²) in [5, 5.41) is 3.24. The molecule has 9 heteroatoms. The van der Waals surface area contributed by atoms with Gasteiger partial charge in [0.1, 0.15) is 12.3 Å². The highest BCUT2D eigenvalue weighted by molar-refractivity contribution is 7.98. The molecule has 33 heavy (non-hydrogen) atoms. The third kappa shape index (κ3) is 6.22. The molecule has 3 aromatic carbocycles. The van der Waals surface area contributed by atoms with Gasteiger partial charge in [-0.15, -0.1) is 11.8 Å². The van der Waals surface area contributed by atoms with Crippen LogP contribution in [0.5, 0.6) is 5.75 Å². The highest BCUT2D eigenvalue weighted by Gasteiger charge is 2.27. The van der Waals surface area contributed by atoms with E-state index in [1.54, 1.807) is 66.7 Å². The summed E-state index contributed by atoms with van der Waals surface area (Å²) in [6.45, 7) is 3.78. The Morgan fingerprint density at radius 2 is 1.73 bits per heavy atom. The number of thioether (sulfide) groups is 1. The van der Waals surface area contributed by atoms with Gasteiger partial charge in [0.15, 0.2) is 0 Å². The normalized spacial score (nSPS) is 11.2. The van der Waals surface area contributed by atoms with Crippen LogP contribution in [0.3, 0.4) is 0 Å². The Balaban J connectivity index is 1.95. The van der Waals surface area contributed by atoms with E-state index in [2.05, 4.69) is 5.32 Å². The predicted molar refractivity (Wildman–Crippen MR) is 135 cm³/mol. The van der Waals surface area contributed by atoms with Crippen molar-refractivity contribution in [1.82, 2.24) is 0 Å². The molecule has 0 radical (unpaired) electrons. The third-order valence-electron chi connectivity index (χ3n) is 4.84. The molecule has 0 unspecified atom stereocenters. The van der Waals surface area contributed by atoms with Crippen molar-refractivity contribution in [1.29, 1.82) is 0 Å². The summed E-state index contributed by atoms with van der Waals surface area (Å²) in [6, 6.07) is 18.3. The van der Waals surface area contributed by atoms with Crippen LogP contribution >= 0.6 is 23.4 Å². The van der Waals surface area contributed by atoms with Crippen LogP contribution in [0.25, 0.3) is 0 Å². The molecule has 0 fully saturated rings. The lowest BCUT2D eigenvalue weighted by molar-refractivity contribution is -0.114. The number of rotatable bonds is 9. The largest absolute Gasteiger partial charge is 0.494 e. The summed E-state index contributed by atoms with van der Waals surface area (Å²) in [7, 11) is -4.01. The van der Waals surface area contributed by atoms with Gasteiger partial charge >= 0.3 is 0 Å². The number of benzene rings is 3. The highest BCUT2D eigenvalue weighted by Crippen LogP contribution is 2.28. The second-order valence-corrected chi connectivity index (χ2v) is 10.3. The van der Waals surface area contributed by atoms with Crippen LogP contribution < -0.4 is 14.4 Å². The van der Waals surface area contributed by atoms with Gasteiger partial charge in [0, 0.05) is 15.6 Å². The van der Waals surface area contributed by atoms with Crippen LogP contribution in [-0.4, -0.2) is 33.7 Å². The summed E-state index contributed by atoms with van der Waals surface area (Å²) in [5.74, 6) is 0.125. The Bertz CT molecular complexity index is 1210. The molecule has 0 saturated carbocycles. The van der Waals surface area contributed by atoms with E-state index in [0.717, 1.165) is 14.8 Å². The monoisotopic (exact) mass is 504 g/mol. The second-order valence-electron chi connectivity index (χ2n) is 7.12. The smallest absolute Gasteiger partial charge is 0.264 e. The number of ether oxygens (including phenoxy) is 1. The second kappa shape index (κ2) is 11.0. The Labute approximate surface area is 204 Å². The van der Waals surface area contributed by atoms with Gasteiger partial charge in [-0.1, -0.05) is 17.7 Å². The van der Waals surface area contributed by atoms with Crippen LogP contribution in [-0.2, 0) is 14.8 Å². The van der Waals surface area contributed by atoms with Crippen LogP contribution in [0.2, 0.25) is 5.02 Å². The SMILES string of the molecule is CCOc1ccc(N(CC(=O)Nc2cc(Cl)ccc2C)S(=O)(=O)c2ccc(SC)cc2)cc1. The number of carbonyl (C=O) groups is 1. The summed E-state index contributed by atoms with van der Waals surface area (Å²) in [4.78, 5) is 14.0. The van der Waals surface area contributed by atoms with Gasteiger partial charge in [-0.05, 0) is 86.3 Å². The minimum atomic E-state index is -4.01. The van der Waals surface area contributed by atoms with Crippen LogP contribution in [0, 0.1) is 6.92 Å². The van der Waals surface area contributed by atoms with Gasteiger partial charge < -0.3 is 10.1 Å². The lowest BCUT2D eigenvalue weighted by Crippen LogP contribution is -2.38. The van der Waals surface area contributed by atoms with Crippen molar-refractivity contribution in [3.8, 4) is 5.75 Å². The molecule has 1 N–H and O–H groups in total. The Hall–Kier alpha value is -2.68. The predicted octanol–water partition coefficient (Wildman–Crippen LogP) is 5.60. The number of sulfonamides is 1. The van der Waals surface area contributed by atoms with E-state index in [4.69, 9.17) is 16.3 Å². The topological polar surface area (TPSA) is 75.7 Å². The van der Waals surface area contributed by atoms with E-state index in [1.807, 2.05) is 20.1 Å². The molecule has 6 nitrogen and oxygen atoms in total. The number of amides is 1. The molecule has 0 saturated heterocycles. The molecule has 0 heterocycles. The maximum Gasteiger partial charge on any atom is 0.264 e. The molecule has 174 valence electrons. The van der Waals surface area contributed by atoms with Crippen LogP contribution in [0.15, 0.2) is 76.5 Å². The van der Waals surface area contributed by atoms with Crippen molar-refractivity contribution in [2.75, 3.05) is 29.0 Å². The van der Waals surface area contributed by atoms with E-state index >= 15 is 0 Å². The lowest BCUT2D eigenvalue weighted by atomic mass is 10.2. The van der Waals surface area contributed by atoms with Crippen molar-refractivity contribution >= 4 is 50.7 Å². The van der Waals surface area contributed by atoms with E-state index in [0.29, 0.717) is 28.8 Å². The molecule has 3 aromatic rings. The molecule has 0 atom stereocenters. The molecule has 0 bridgehead atoms. The summed E-state index contributed by atoms with van der Waals surface area (Å²) >= 11 is 7.56. The molecule has 0 aliphatic heterocycles.